The first-order chi connectivity index (χ1) is 8.72. The third-order valence-electron chi connectivity index (χ3n) is 2.96. The predicted octanol–water partition coefficient (Wildman–Crippen LogP) is 2.34. The van der Waals surface area contributed by atoms with E-state index in [-0.39, 0.29) is 5.78 Å². The van der Waals surface area contributed by atoms with Gasteiger partial charge in [-0.25, -0.2) is 0 Å². The molecule has 1 N–H and O–H groups in total. The molecule has 4 heteroatoms. The number of carbonyl (C=O) groups is 1. The summed E-state index contributed by atoms with van der Waals surface area (Å²) in [7, 11) is 1.42. The zero-order chi connectivity index (χ0) is 13.0. The second-order valence-corrected chi connectivity index (χ2v) is 4.20. The monoisotopic (exact) mass is 248 g/mol. The van der Waals surface area contributed by atoms with E-state index in [0.29, 0.717) is 23.3 Å². The van der Waals surface area contributed by atoms with Crippen LogP contribution in [-0.4, -0.2) is 18.0 Å². The first-order valence-corrected chi connectivity index (χ1v) is 5.94. The quantitative estimate of drug-likeness (QED) is 0.656. The zero-order valence-electron chi connectivity index (χ0n) is 10.3. The second-order valence-electron chi connectivity index (χ2n) is 4.20. The summed E-state index contributed by atoms with van der Waals surface area (Å²) >= 11 is 0. The van der Waals surface area contributed by atoms with Crippen LogP contribution in [0.3, 0.4) is 0 Å². The van der Waals surface area contributed by atoms with Gasteiger partial charge in [0.1, 0.15) is 6.10 Å². The van der Waals surface area contributed by atoms with Gasteiger partial charge in [-0.1, -0.05) is 18.2 Å². The minimum absolute atomic E-state index is 0.0333. The van der Waals surface area contributed by atoms with Gasteiger partial charge >= 0.3 is 0 Å². The Hall–Kier alpha value is -1.65. The van der Waals surface area contributed by atoms with E-state index >= 15 is 0 Å². The smallest absolute Gasteiger partial charge is 0.165 e. The normalized spacial score (nSPS) is 17.2. The Labute approximate surface area is 106 Å². The molecule has 0 fully saturated rings. The number of aliphatic hydroxyl groups excluding tert-OH is 1. The lowest BCUT2D eigenvalue weighted by atomic mass is 9.91. The summed E-state index contributed by atoms with van der Waals surface area (Å²) in [6.45, 7) is 0. The van der Waals surface area contributed by atoms with E-state index in [0.717, 1.165) is 12.8 Å². The maximum absolute atomic E-state index is 11.7. The minimum Gasteiger partial charge on any atom is -0.384 e. The van der Waals surface area contributed by atoms with Crippen LogP contribution in [0.15, 0.2) is 35.9 Å². The van der Waals surface area contributed by atoms with Crippen molar-refractivity contribution in [3.05, 3.63) is 41.5 Å². The number of hydrogen-bond acceptors (Lipinski definition) is 4. The van der Waals surface area contributed by atoms with Crippen LogP contribution in [-0.2, 0) is 9.68 Å². The Morgan fingerprint density at radius 3 is 2.61 bits per heavy atom. The third kappa shape index (κ3) is 2.78. The van der Waals surface area contributed by atoms with Crippen LogP contribution in [0, 0.1) is 0 Å². The molecular formula is C14H16O4. The van der Waals surface area contributed by atoms with Gasteiger partial charge in [0.05, 0.1) is 7.11 Å². The van der Waals surface area contributed by atoms with Gasteiger partial charge in [-0.2, -0.15) is 4.89 Å². The number of rotatable bonds is 4. The highest BCUT2D eigenvalue weighted by Gasteiger charge is 2.22. The van der Waals surface area contributed by atoms with Crippen molar-refractivity contribution in [2.45, 2.75) is 25.4 Å². The third-order valence-corrected chi connectivity index (χ3v) is 2.96. The summed E-state index contributed by atoms with van der Waals surface area (Å²) in [6, 6.07) is 6.83. The Morgan fingerprint density at radius 1 is 1.28 bits per heavy atom. The number of benzene rings is 1. The fraction of sp³-hybridized carbons (Fsp3) is 0.357. The van der Waals surface area contributed by atoms with Gasteiger partial charge in [-0.05, 0) is 30.5 Å². The van der Waals surface area contributed by atoms with Gasteiger partial charge in [0.15, 0.2) is 11.5 Å². The second kappa shape index (κ2) is 5.80. The molecule has 0 spiro atoms. The summed E-state index contributed by atoms with van der Waals surface area (Å²) in [5, 5.41) is 10.2. The first-order valence-electron chi connectivity index (χ1n) is 5.94. The molecule has 1 aliphatic carbocycles. The highest BCUT2D eigenvalue weighted by Crippen LogP contribution is 2.28. The van der Waals surface area contributed by atoms with Crippen LogP contribution in [0.25, 0.3) is 0 Å². The molecule has 2 rings (SSSR count). The van der Waals surface area contributed by atoms with Gasteiger partial charge in [0.25, 0.3) is 0 Å². The SMILES string of the molecule is COOc1ccc(C(O)C2=CCCCC2=O)cc1. The molecule has 1 aromatic carbocycles. The molecule has 18 heavy (non-hydrogen) atoms. The van der Waals surface area contributed by atoms with E-state index in [1.807, 2.05) is 6.08 Å². The van der Waals surface area contributed by atoms with E-state index in [9.17, 15) is 9.90 Å². The molecule has 0 amide bonds. The van der Waals surface area contributed by atoms with Crippen molar-refractivity contribution < 1.29 is 19.7 Å². The lowest BCUT2D eigenvalue weighted by Crippen LogP contribution is -2.14. The predicted molar refractivity (Wildman–Crippen MR) is 66.0 cm³/mol. The van der Waals surface area contributed by atoms with Crippen molar-refractivity contribution in [2.75, 3.05) is 7.11 Å². The van der Waals surface area contributed by atoms with Crippen molar-refractivity contribution in [1.82, 2.24) is 0 Å². The van der Waals surface area contributed by atoms with Crippen molar-refractivity contribution >= 4 is 5.78 Å². The van der Waals surface area contributed by atoms with Crippen molar-refractivity contribution in [2.24, 2.45) is 0 Å². The summed E-state index contributed by atoms with van der Waals surface area (Å²) in [6.07, 6.45) is 3.22. The van der Waals surface area contributed by atoms with Gasteiger partial charge < -0.3 is 9.99 Å². The topological polar surface area (TPSA) is 55.8 Å². The van der Waals surface area contributed by atoms with E-state index in [2.05, 4.69) is 4.89 Å². The van der Waals surface area contributed by atoms with Crippen molar-refractivity contribution in [3.8, 4) is 5.75 Å². The fourth-order valence-electron chi connectivity index (χ4n) is 2.02. The van der Waals surface area contributed by atoms with E-state index < -0.39 is 6.10 Å². The van der Waals surface area contributed by atoms with Gasteiger partial charge in [0, 0.05) is 12.0 Å². The van der Waals surface area contributed by atoms with Crippen LogP contribution >= 0.6 is 0 Å². The molecule has 1 unspecified atom stereocenters. The Morgan fingerprint density at radius 2 is 2.00 bits per heavy atom. The molecule has 0 aromatic heterocycles. The van der Waals surface area contributed by atoms with Crippen LogP contribution in [0.2, 0.25) is 0 Å². The molecule has 1 atom stereocenters. The Bertz CT molecular complexity index is 447. The van der Waals surface area contributed by atoms with Crippen LogP contribution < -0.4 is 4.89 Å². The zero-order valence-corrected chi connectivity index (χ0v) is 10.3. The molecule has 0 saturated heterocycles. The van der Waals surface area contributed by atoms with E-state index in [4.69, 9.17) is 4.89 Å². The Balaban J connectivity index is 2.15. The lowest BCUT2D eigenvalue weighted by Gasteiger charge is -2.18. The number of aliphatic hydroxyl groups is 1. The molecule has 0 bridgehead atoms. The highest BCUT2D eigenvalue weighted by atomic mass is 17.2. The largest absolute Gasteiger partial charge is 0.384 e. The van der Waals surface area contributed by atoms with Crippen molar-refractivity contribution in [1.29, 1.82) is 0 Å². The molecule has 1 aliphatic rings. The van der Waals surface area contributed by atoms with Gasteiger partial charge in [-0.3, -0.25) is 4.79 Å². The molecule has 0 radical (unpaired) electrons. The number of ketones is 1. The summed E-state index contributed by atoms with van der Waals surface area (Å²) in [5.74, 6) is 0.586. The van der Waals surface area contributed by atoms with Crippen molar-refractivity contribution in [3.63, 3.8) is 0 Å². The molecule has 0 aliphatic heterocycles. The summed E-state index contributed by atoms with van der Waals surface area (Å²) < 4.78 is 0. The van der Waals surface area contributed by atoms with E-state index in [1.165, 1.54) is 7.11 Å². The molecule has 4 nitrogen and oxygen atoms in total. The van der Waals surface area contributed by atoms with E-state index in [1.54, 1.807) is 24.3 Å². The molecular weight excluding hydrogens is 232 g/mol. The average molecular weight is 248 g/mol. The molecule has 96 valence electrons. The number of Topliss-reactive ketones (excluding diaryl/α,β-unsaturated/α-hetero) is 1. The first kappa shape index (κ1) is 12.8. The molecule has 0 heterocycles. The van der Waals surface area contributed by atoms with Gasteiger partial charge in [0.2, 0.25) is 0 Å². The number of carbonyl (C=O) groups excluding carboxylic acids is 1. The lowest BCUT2D eigenvalue weighted by molar-refractivity contribution is -0.178. The van der Waals surface area contributed by atoms with Crippen LogP contribution in [0.5, 0.6) is 5.75 Å². The number of hydrogen-bond donors (Lipinski definition) is 1. The average Bonchev–Trinajstić information content (AvgIpc) is 2.40. The highest BCUT2D eigenvalue weighted by molar-refractivity contribution is 5.97. The van der Waals surface area contributed by atoms with Crippen LogP contribution in [0.4, 0.5) is 0 Å². The minimum atomic E-state index is -0.852. The summed E-state index contributed by atoms with van der Waals surface area (Å²) in [5.41, 5.74) is 1.18. The Kier molecular flexibility index (Phi) is 4.12. The summed E-state index contributed by atoms with van der Waals surface area (Å²) in [4.78, 5) is 21.1. The maximum atomic E-state index is 11.7. The fourth-order valence-corrected chi connectivity index (χ4v) is 2.02. The maximum Gasteiger partial charge on any atom is 0.165 e. The molecule has 0 saturated carbocycles. The van der Waals surface area contributed by atoms with Gasteiger partial charge in [-0.15, -0.1) is 0 Å². The molecule has 1 aromatic rings. The number of allylic oxidation sites excluding steroid dienone is 1. The standard InChI is InChI=1S/C14H16O4/c1-17-18-11-8-6-10(7-9-11)14(16)12-4-2-3-5-13(12)15/h4,6-9,14,16H,2-3,5H2,1H3. The van der Waals surface area contributed by atoms with Crippen LogP contribution in [0.1, 0.15) is 30.9 Å².